The molecule has 2 heterocycles. The molecule has 0 spiro atoms. The molecule has 0 saturated carbocycles. The lowest BCUT2D eigenvalue weighted by molar-refractivity contribution is -0.117. The Morgan fingerprint density at radius 3 is 2.49 bits per heavy atom. The van der Waals surface area contributed by atoms with E-state index in [-0.39, 0.29) is 29.2 Å². The van der Waals surface area contributed by atoms with Gasteiger partial charge in [0.25, 0.3) is 0 Å². The number of aromatic hydroxyl groups is 1. The molecule has 1 saturated heterocycles. The largest absolute Gasteiger partial charge is 0.507 e. The van der Waals surface area contributed by atoms with Crippen LogP contribution in [-0.2, 0) is 4.79 Å². The molecule has 4 aromatic rings. The van der Waals surface area contributed by atoms with E-state index in [0.29, 0.717) is 28.6 Å². The van der Waals surface area contributed by atoms with E-state index in [0.717, 1.165) is 22.3 Å². The molecule has 35 heavy (non-hydrogen) atoms. The van der Waals surface area contributed by atoms with Crippen LogP contribution in [0.4, 0.5) is 5.69 Å². The van der Waals surface area contributed by atoms with E-state index in [9.17, 15) is 14.7 Å². The third-order valence-corrected chi connectivity index (χ3v) is 6.69. The molecule has 0 radical (unpaired) electrons. The zero-order valence-corrected chi connectivity index (χ0v) is 19.8. The minimum absolute atomic E-state index is 0.0951. The van der Waals surface area contributed by atoms with Gasteiger partial charge in [-0.25, -0.2) is 10.9 Å². The Morgan fingerprint density at radius 2 is 1.71 bits per heavy atom. The van der Waals surface area contributed by atoms with Gasteiger partial charge in [0.05, 0.1) is 11.7 Å². The maximum atomic E-state index is 13.3. The zero-order chi connectivity index (χ0) is 24.7. The molecule has 0 aliphatic carbocycles. The van der Waals surface area contributed by atoms with Crippen molar-refractivity contribution in [1.29, 1.82) is 0 Å². The van der Waals surface area contributed by atoms with Crippen LogP contribution in [0.1, 0.15) is 50.8 Å². The van der Waals surface area contributed by atoms with Gasteiger partial charge >= 0.3 is 0 Å². The van der Waals surface area contributed by atoms with Gasteiger partial charge in [-0.15, -0.1) is 0 Å². The highest BCUT2D eigenvalue weighted by Crippen LogP contribution is 2.35. The van der Waals surface area contributed by atoms with Crippen molar-refractivity contribution in [3.05, 3.63) is 94.2 Å². The van der Waals surface area contributed by atoms with Gasteiger partial charge in [-0.2, -0.15) is 0 Å². The molecule has 1 aliphatic rings. The fourth-order valence-corrected chi connectivity index (χ4v) is 4.41. The number of aryl methyl sites for hydroxylation is 2. The van der Waals surface area contributed by atoms with Crippen molar-refractivity contribution in [2.45, 2.75) is 39.3 Å². The third-order valence-electron chi connectivity index (χ3n) is 6.69. The van der Waals surface area contributed by atoms with Gasteiger partial charge in [0.2, 0.25) is 11.7 Å². The Hall–Kier alpha value is -3.94. The molecular weight excluding hydrogens is 442 g/mol. The van der Waals surface area contributed by atoms with Crippen molar-refractivity contribution in [2.24, 2.45) is 0 Å². The molecule has 7 heteroatoms. The summed E-state index contributed by atoms with van der Waals surface area (Å²) in [5.41, 5.74) is 11.1. The summed E-state index contributed by atoms with van der Waals surface area (Å²) < 4.78 is 5.91. The topological polar surface area (TPSA) is 104 Å². The van der Waals surface area contributed by atoms with Crippen molar-refractivity contribution in [3.8, 4) is 5.75 Å². The van der Waals surface area contributed by atoms with E-state index in [1.807, 2.05) is 63.2 Å². The van der Waals surface area contributed by atoms with E-state index < -0.39 is 6.04 Å². The SMILES string of the molecule is Cc1ccc(C(=O)c2oc3ccccc3c2NC(=O)C2CC(c3ccc(C)c(C)c3O)NN2)cc1. The number of fused-ring (bicyclic) bond motifs is 1. The summed E-state index contributed by atoms with van der Waals surface area (Å²) in [5, 5.41) is 14.2. The van der Waals surface area contributed by atoms with Crippen LogP contribution < -0.4 is 16.2 Å². The fraction of sp³-hybridized carbons (Fsp3) is 0.214. The summed E-state index contributed by atoms with van der Waals surface area (Å²) in [7, 11) is 0. The lowest BCUT2D eigenvalue weighted by Gasteiger charge is -2.15. The number of hydrogen-bond acceptors (Lipinski definition) is 6. The smallest absolute Gasteiger partial charge is 0.243 e. The van der Waals surface area contributed by atoms with Crippen LogP contribution in [0, 0.1) is 20.8 Å². The van der Waals surface area contributed by atoms with Gasteiger partial charge in [-0.1, -0.05) is 54.1 Å². The quantitative estimate of drug-likeness (QED) is 0.312. The van der Waals surface area contributed by atoms with Crippen LogP contribution in [0.25, 0.3) is 11.0 Å². The molecule has 1 aromatic heterocycles. The van der Waals surface area contributed by atoms with Crippen LogP contribution in [0.5, 0.6) is 5.75 Å². The first-order valence-corrected chi connectivity index (χ1v) is 11.6. The molecule has 0 bridgehead atoms. The summed E-state index contributed by atoms with van der Waals surface area (Å²) in [6.07, 6.45) is 0.429. The second-order valence-electron chi connectivity index (χ2n) is 9.06. The monoisotopic (exact) mass is 469 g/mol. The highest BCUT2D eigenvalue weighted by Gasteiger charge is 2.33. The molecule has 3 aromatic carbocycles. The average molecular weight is 470 g/mol. The Morgan fingerprint density at radius 1 is 0.971 bits per heavy atom. The van der Waals surface area contributed by atoms with Crippen LogP contribution in [0.2, 0.25) is 0 Å². The summed E-state index contributed by atoms with van der Waals surface area (Å²) in [6.45, 7) is 5.77. The maximum Gasteiger partial charge on any atom is 0.243 e. The zero-order valence-electron chi connectivity index (χ0n) is 19.8. The number of rotatable bonds is 5. The Labute approximate surface area is 203 Å². The van der Waals surface area contributed by atoms with Crippen molar-refractivity contribution in [2.75, 3.05) is 5.32 Å². The number of benzene rings is 3. The molecule has 2 unspecified atom stereocenters. The number of anilines is 1. The molecule has 1 aliphatic heterocycles. The minimum Gasteiger partial charge on any atom is -0.507 e. The van der Waals surface area contributed by atoms with E-state index in [1.165, 1.54) is 0 Å². The normalized spacial score (nSPS) is 17.6. The van der Waals surface area contributed by atoms with Gasteiger partial charge in [0.15, 0.2) is 5.76 Å². The van der Waals surface area contributed by atoms with Crippen LogP contribution >= 0.6 is 0 Å². The molecule has 2 atom stereocenters. The first-order valence-electron chi connectivity index (χ1n) is 11.6. The molecule has 178 valence electrons. The fourth-order valence-electron chi connectivity index (χ4n) is 4.41. The number of carbonyl (C=O) groups excluding carboxylic acids is 2. The third kappa shape index (κ3) is 4.20. The standard InChI is InChI=1S/C28H27N3O4/c1-15-8-11-18(12-9-15)26(33)27-24(20-6-4-5-7-23(20)35-27)29-28(34)22-14-21(30-31-22)19-13-10-16(2)17(3)25(19)32/h4-13,21-22,30-32H,14H2,1-3H3,(H,29,34). The van der Waals surface area contributed by atoms with Gasteiger partial charge in [-0.05, 0) is 50.5 Å². The Bertz CT molecular complexity index is 1440. The van der Waals surface area contributed by atoms with Gasteiger partial charge < -0.3 is 14.8 Å². The van der Waals surface area contributed by atoms with Crippen LogP contribution in [0.3, 0.4) is 0 Å². The first-order chi connectivity index (χ1) is 16.8. The lowest BCUT2D eigenvalue weighted by Crippen LogP contribution is -2.39. The molecular formula is C28H27N3O4. The predicted molar refractivity (Wildman–Crippen MR) is 134 cm³/mol. The molecule has 7 nitrogen and oxygen atoms in total. The first kappa shape index (κ1) is 22.8. The summed E-state index contributed by atoms with van der Waals surface area (Å²) in [4.78, 5) is 26.6. The van der Waals surface area contributed by atoms with E-state index in [4.69, 9.17) is 4.42 Å². The highest BCUT2D eigenvalue weighted by molar-refractivity contribution is 6.17. The molecule has 4 N–H and O–H groups in total. The second-order valence-corrected chi connectivity index (χ2v) is 9.06. The number of ketones is 1. The van der Waals surface area contributed by atoms with E-state index in [2.05, 4.69) is 16.2 Å². The molecule has 1 amide bonds. The van der Waals surface area contributed by atoms with Crippen LogP contribution in [-0.4, -0.2) is 22.8 Å². The number of phenols is 1. The van der Waals surface area contributed by atoms with Gasteiger partial charge in [0, 0.05) is 16.5 Å². The average Bonchev–Trinajstić information content (AvgIpc) is 3.48. The lowest BCUT2D eigenvalue weighted by atomic mass is 9.96. The highest BCUT2D eigenvalue weighted by atomic mass is 16.3. The maximum absolute atomic E-state index is 13.3. The van der Waals surface area contributed by atoms with Crippen molar-refractivity contribution in [3.63, 3.8) is 0 Å². The number of carbonyl (C=O) groups is 2. The number of hydrogen-bond donors (Lipinski definition) is 4. The number of hydrazine groups is 1. The van der Waals surface area contributed by atoms with Gasteiger partial charge in [0.1, 0.15) is 17.4 Å². The van der Waals surface area contributed by atoms with Crippen molar-refractivity contribution < 1.29 is 19.1 Å². The predicted octanol–water partition coefficient (Wildman–Crippen LogP) is 4.84. The molecule has 5 rings (SSSR count). The second kappa shape index (κ2) is 9.02. The number of para-hydroxylation sites is 1. The van der Waals surface area contributed by atoms with Crippen molar-refractivity contribution in [1.82, 2.24) is 10.9 Å². The molecule has 1 fully saturated rings. The summed E-state index contributed by atoms with van der Waals surface area (Å²) in [6, 6.07) is 17.5. The Balaban J connectivity index is 1.41. The van der Waals surface area contributed by atoms with E-state index >= 15 is 0 Å². The summed E-state index contributed by atoms with van der Waals surface area (Å²) in [5.74, 6) is -0.269. The minimum atomic E-state index is -0.572. The van der Waals surface area contributed by atoms with Crippen LogP contribution in [0.15, 0.2) is 65.1 Å². The van der Waals surface area contributed by atoms with E-state index in [1.54, 1.807) is 18.2 Å². The Kier molecular flexibility index (Phi) is 5.88. The summed E-state index contributed by atoms with van der Waals surface area (Å²) >= 11 is 0. The van der Waals surface area contributed by atoms with Crippen molar-refractivity contribution >= 4 is 28.3 Å². The number of nitrogens with one attached hydrogen (secondary N) is 3. The van der Waals surface area contributed by atoms with Gasteiger partial charge in [-0.3, -0.25) is 9.59 Å². The number of phenolic OH excluding ortho intramolecular Hbond substituents is 1. The number of furan rings is 1. The number of amides is 1.